The summed E-state index contributed by atoms with van der Waals surface area (Å²) in [5.74, 6) is 0.0976. The number of carbonyl (C=O) groups is 1. The number of fused-ring (bicyclic) bond motifs is 1. The van der Waals surface area contributed by atoms with E-state index < -0.39 is 11.2 Å². The van der Waals surface area contributed by atoms with Crippen LogP contribution in [0.3, 0.4) is 0 Å². The number of amides is 1. The molecule has 1 amide bonds. The number of carbonyl (C=O) groups excluding carboxylic acids is 1. The summed E-state index contributed by atoms with van der Waals surface area (Å²) >= 11 is 1.28. The van der Waals surface area contributed by atoms with Crippen LogP contribution in [0.25, 0.3) is 11.0 Å². The molecule has 0 aliphatic carbocycles. The molecule has 23 heavy (non-hydrogen) atoms. The first-order valence-corrected chi connectivity index (χ1v) is 8.20. The van der Waals surface area contributed by atoms with Crippen LogP contribution in [-0.4, -0.2) is 31.8 Å². The molecule has 2 rings (SSSR count). The van der Waals surface area contributed by atoms with Crippen molar-refractivity contribution in [2.24, 2.45) is 14.1 Å². The molecular formula is C15H20N4O3S. The molecule has 0 aliphatic rings. The Bertz CT molecular complexity index is 883. The van der Waals surface area contributed by atoms with Crippen LogP contribution in [0.1, 0.15) is 19.4 Å². The molecule has 0 saturated carbocycles. The summed E-state index contributed by atoms with van der Waals surface area (Å²) in [6.45, 7) is 5.61. The molecule has 2 heterocycles. The molecule has 1 N–H and O–H groups in total. The van der Waals surface area contributed by atoms with Gasteiger partial charge in [-0.3, -0.25) is 18.7 Å². The molecule has 0 aliphatic heterocycles. The predicted octanol–water partition coefficient (Wildman–Crippen LogP) is 0.557. The molecule has 8 heteroatoms. The first kappa shape index (κ1) is 17.3. The lowest BCUT2D eigenvalue weighted by molar-refractivity contribution is -0.119. The Morgan fingerprint density at radius 3 is 2.57 bits per heavy atom. The van der Waals surface area contributed by atoms with E-state index in [0.717, 1.165) is 10.1 Å². The molecule has 2 aromatic rings. The average molecular weight is 336 g/mol. The molecule has 0 aromatic carbocycles. The zero-order chi connectivity index (χ0) is 17.3. The van der Waals surface area contributed by atoms with Crippen molar-refractivity contribution in [3.63, 3.8) is 0 Å². The van der Waals surface area contributed by atoms with Crippen LogP contribution in [0.5, 0.6) is 0 Å². The number of rotatable bonds is 4. The van der Waals surface area contributed by atoms with Crippen LogP contribution in [0, 0.1) is 6.92 Å². The highest BCUT2D eigenvalue weighted by atomic mass is 32.2. The van der Waals surface area contributed by atoms with Crippen LogP contribution < -0.4 is 16.6 Å². The predicted molar refractivity (Wildman–Crippen MR) is 91.0 cm³/mol. The van der Waals surface area contributed by atoms with Crippen molar-refractivity contribution >= 4 is 28.7 Å². The van der Waals surface area contributed by atoms with Gasteiger partial charge in [-0.2, -0.15) is 0 Å². The van der Waals surface area contributed by atoms with Crippen molar-refractivity contribution in [1.82, 2.24) is 19.4 Å². The van der Waals surface area contributed by atoms with Gasteiger partial charge in [0.05, 0.1) is 11.1 Å². The highest BCUT2D eigenvalue weighted by Crippen LogP contribution is 2.27. The summed E-state index contributed by atoms with van der Waals surface area (Å²) in [5, 5.41) is 3.19. The molecule has 2 aromatic heterocycles. The van der Waals surface area contributed by atoms with Gasteiger partial charge in [0.1, 0.15) is 5.65 Å². The Hall–Kier alpha value is -2.09. The standard InChI is InChI=1S/C15H20N4O3S/c1-8(2)17-10(20)7-23-12-9(3)6-16-13-11(12)14(21)19(5)15(22)18(13)4/h6,8H,7H2,1-5H3,(H,17,20). The SMILES string of the molecule is Cc1cnc2c(c1SCC(=O)NC(C)C)c(=O)n(C)c(=O)n2C. The Labute approximate surface area is 137 Å². The summed E-state index contributed by atoms with van der Waals surface area (Å²) in [6, 6.07) is 0.0621. The molecule has 124 valence electrons. The number of hydrogen-bond donors (Lipinski definition) is 1. The summed E-state index contributed by atoms with van der Waals surface area (Å²) in [7, 11) is 3.01. The van der Waals surface area contributed by atoms with Crippen LogP contribution in [-0.2, 0) is 18.9 Å². The molecule has 0 bridgehead atoms. The van der Waals surface area contributed by atoms with Crippen LogP contribution >= 0.6 is 11.8 Å². The second kappa shape index (κ2) is 6.57. The van der Waals surface area contributed by atoms with Gasteiger partial charge >= 0.3 is 5.69 Å². The Morgan fingerprint density at radius 1 is 1.30 bits per heavy atom. The van der Waals surface area contributed by atoms with E-state index in [2.05, 4.69) is 10.3 Å². The Balaban J connectivity index is 2.56. The largest absolute Gasteiger partial charge is 0.353 e. The molecule has 0 saturated heterocycles. The third-order valence-corrected chi connectivity index (χ3v) is 4.62. The van der Waals surface area contributed by atoms with E-state index in [1.54, 1.807) is 13.2 Å². The zero-order valence-electron chi connectivity index (χ0n) is 13.8. The number of aromatic nitrogens is 3. The maximum absolute atomic E-state index is 12.5. The van der Waals surface area contributed by atoms with E-state index in [-0.39, 0.29) is 17.7 Å². The number of nitrogens with zero attached hydrogens (tertiary/aromatic N) is 3. The van der Waals surface area contributed by atoms with E-state index in [0.29, 0.717) is 15.9 Å². The number of hydrogen-bond acceptors (Lipinski definition) is 5. The van der Waals surface area contributed by atoms with E-state index in [4.69, 9.17) is 0 Å². The first-order valence-electron chi connectivity index (χ1n) is 7.21. The fourth-order valence-electron chi connectivity index (χ4n) is 2.28. The Morgan fingerprint density at radius 2 is 1.96 bits per heavy atom. The monoisotopic (exact) mass is 336 g/mol. The van der Waals surface area contributed by atoms with Gasteiger partial charge in [0, 0.05) is 31.2 Å². The molecule has 0 atom stereocenters. The van der Waals surface area contributed by atoms with E-state index >= 15 is 0 Å². The van der Waals surface area contributed by atoms with Gasteiger partial charge < -0.3 is 5.32 Å². The third-order valence-electron chi connectivity index (χ3n) is 3.40. The Kier molecular flexibility index (Phi) is 4.93. The quantitative estimate of drug-likeness (QED) is 0.825. The number of thioether (sulfide) groups is 1. The van der Waals surface area contributed by atoms with E-state index in [1.165, 1.54) is 23.4 Å². The lowest BCUT2D eigenvalue weighted by atomic mass is 10.2. The topological polar surface area (TPSA) is 86.0 Å². The number of nitrogens with one attached hydrogen (secondary N) is 1. The molecule has 0 radical (unpaired) electrons. The highest BCUT2D eigenvalue weighted by molar-refractivity contribution is 8.00. The van der Waals surface area contributed by atoms with Crippen LogP contribution in [0.4, 0.5) is 0 Å². The van der Waals surface area contributed by atoms with Crippen molar-refractivity contribution in [3.8, 4) is 0 Å². The number of aryl methyl sites for hydroxylation is 2. The fourth-order valence-corrected chi connectivity index (χ4v) is 3.25. The van der Waals surface area contributed by atoms with Crippen molar-refractivity contribution in [3.05, 3.63) is 32.6 Å². The highest BCUT2D eigenvalue weighted by Gasteiger charge is 2.17. The molecular weight excluding hydrogens is 316 g/mol. The van der Waals surface area contributed by atoms with Gasteiger partial charge in [-0.1, -0.05) is 0 Å². The fraction of sp³-hybridized carbons (Fsp3) is 0.467. The molecule has 0 fully saturated rings. The van der Waals surface area contributed by atoms with Gasteiger partial charge in [0.2, 0.25) is 5.91 Å². The molecule has 7 nitrogen and oxygen atoms in total. The third kappa shape index (κ3) is 3.31. The van der Waals surface area contributed by atoms with Crippen molar-refractivity contribution in [1.29, 1.82) is 0 Å². The van der Waals surface area contributed by atoms with Crippen molar-refractivity contribution in [2.75, 3.05) is 5.75 Å². The summed E-state index contributed by atoms with van der Waals surface area (Å²) in [4.78, 5) is 41.3. The minimum absolute atomic E-state index is 0.0621. The first-order chi connectivity index (χ1) is 10.7. The van der Waals surface area contributed by atoms with Gasteiger partial charge in [-0.25, -0.2) is 9.78 Å². The molecule has 0 unspecified atom stereocenters. The maximum atomic E-state index is 12.5. The van der Waals surface area contributed by atoms with Gasteiger partial charge in [-0.15, -0.1) is 11.8 Å². The summed E-state index contributed by atoms with van der Waals surface area (Å²) < 4.78 is 2.40. The smallest absolute Gasteiger partial charge is 0.332 e. The van der Waals surface area contributed by atoms with Gasteiger partial charge in [0.15, 0.2) is 0 Å². The van der Waals surface area contributed by atoms with E-state index in [1.807, 2.05) is 20.8 Å². The van der Waals surface area contributed by atoms with Gasteiger partial charge in [0.25, 0.3) is 5.56 Å². The van der Waals surface area contributed by atoms with Crippen LogP contribution in [0.2, 0.25) is 0 Å². The maximum Gasteiger partial charge on any atom is 0.332 e. The lowest BCUT2D eigenvalue weighted by Crippen LogP contribution is -2.37. The zero-order valence-corrected chi connectivity index (χ0v) is 14.7. The minimum Gasteiger partial charge on any atom is -0.353 e. The minimum atomic E-state index is -0.424. The second-order valence-corrected chi connectivity index (χ2v) is 6.67. The summed E-state index contributed by atoms with van der Waals surface area (Å²) in [5.41, 5.74) is 0.310. The molecule has 0 spiro atoms. The summed E-state index contributed by atoms with van der Waals surface area (Å²) in [6.07, 6.45) is 1.61. The van der Waals surface area contributed by atoms with Crippen molar-refractivity contribution < 1.29 is 4.79 Å². The van der Waals surface area contributed by atoms with E-state index in [9.17, 15) is 14.4 Å². The average Bonchev–Trinajstić information content (AvgIpc) is 2.48. The second-order valence-electron chi connectivity index (χ2n) is 5.69. The van der Waals surface area contributed by atoms with Crippen molar-refractivity contribution in [2.45, 2.75) is 31.7 Å². The van der Waals surface area contributed by atoms with Gasteiger partial charge in [-0.05, 0) is 26.3 Å². The number of pyridine rings is 1. The normalized spacial score (nSPS) is 11.2. The lowest BCUT2D eigenvalue weighted by Gasteiger charge is -2.13. The van der Waals surface area contributed by atoms with Crippen LogP contribution in [0.15, 0.2) is 20.7 Å².